The molecule has 2 aromatic carbocycles. The van der Waals surface area contributed by atoms with E-state index in [0.29, 0.717) is 6.54 Å². The number of fused-ring (bicyclic) bond motifs is 1. The SMILES string of the molecule is O=C(O)c1nc(CNc2ccc3cc(Br)ccc3c2)cs1. The molecule has 0 spiro atoms. The summed E-state index contributed by atoms with van der Waals surface area (Å²) in [7, 11) is 0. The number of benzene rings is 2. The first kappa shape index (κ1) is 14.0. The maximum Gasteiger partial charge on any atom is 0.365 e. The standard InChI is InChI=1S/C15H11BrN2O2S/c16-11-3-1-10-6-12(4-2-9(10)5-11)17-7-13-8-21-14(18-13)15(19)20/h1-6,8,17H,7H2,(H,19,20). The van der Waals surface area contributed by atoms with Gasteiger partial charge in [-0.25, -0.2) is 9.78 Å². The van der Waals surface area contributed by atoms with E-state index in [2.05, 4.69) is 44.4 Å². The fraction of sp³-hybridized carbons (Fsp3) is 0.0667. The number of rotatable bonds is 4. The number of carboxylic acid groups (broad SMARTS) is 1. The summed E-state index contributed by atoms with van der Waals surface area (Å²) in [4.78, 5) is 14.8. The average molecular weight is 363 g/mol. The van der Waals surface area contributed by atoms with E-state index in [9.17, 15) is 4.79 Å². The van der Waals surface area contributed by atoms with Gasteiger partial charge in [0.25, 0.3) is 0 Å². The first-order valence-corrected chi connectivity index (χ1v) is 7.90. The fourth-order valence-electron chi connectivity index (χ4n) is 2.01. The van der Waals surface area contributed by atoms with E-state index in [4.69, 9.17) is 5.11 Å². The second kappa shape index (κ2) is 5.83. The number of nitrogens with zero attached hydrogens (tertiary/aromatic N) is 1. The maximum absolute atomic E-state index is 10.8. The van der Waals surface area contributed by atoms with Crippen LogP contribution in [-0.2, 0) is 6.54 Å². The van der Waals surface area contributed by atoms with Crippen molar-refractivity contribution in [3.05, 3.63) is 57.0 Å². The Morgan fingerprint density at radius 1 is 1.24 bits per heavy atom. The van der Waals surface area contributed by atoms with Crippen molar-refractivity contribution in [1.82, 2.24) is 4.98 Å². The van der Waals surface area contributed by atoms with Crippen molar-refractivity contribution in [2.24, 2.45) is 0 Å². The molecule has 0 radical (unpaired) electrons. The van der Waals surface area contributed by atoms with Crippen LogP contribution in [0.25, 0.3) is 10.8 Å². The summed E-state index contributed by atoms with van der Waals surface area (Å²) in [6.07, 6.45) is 0. The van der Waals surface area contributed by atoms with Gasteiger partial charge in [0.1, 0.15) is 0 Å². The summed E-state index contributed by atoms with van der Waals surface area (Å²) >= 11 is 4.60. The van der Waals surface area contributed by atoms with Gasteiger partial charge in [0.05, 0.1) is 12.2 Å². The average Bonchev–Trinajstić information content (AvgIpc) is 2.94. The number of halogens is 1. The number of aromatic nitrogens is 1. The first-order valence-electron chi connectivity index (χ1n) is 6.23. The molecule has 0 saturated carbocycles. The fourth-order valence-corrected chi connectivity index (χ4v) is 3.04. The lowest BCUT2D eigenvalue weighted by Crippen LogP contribution is -2.01. The molecule has 0 aliphatic carbocycles. The lowest BCUT2D eigenvalue weighted by atomic mass is 10.1. The highest BCUT2D eigenvalue weighted by molar-refractivity contribution is 9.10. The molecule has 0 saturated heterocycles. The number of carboxylic acids is 1. The highest BCUT2D eigenvalue weighted by Crippen LogP contribution is 2.23. The monoisotopic (exact) mass is 362 g/mol. The molecule has 3 aromatic rings. The van der Waals surface area contributed by atoms with E-state index in [-0.39, 0.29) is 5.01 Å². The van der Waals surface area contributed by atoms with Gasteiger partial charge in [0.15, 0.2) is 0 Å². The second-order valence-electron chi connectivity index (χ2n) is 4.51. The number of hydrogen-bond donors (Lipinski definition) is 2. The van der Waals surface area contributed by atoms with Gasteiger partial charge < -0.3 is 10.4 Å². The van der Waals surface area contributed by atoms with Gasteiger partial charge >= 0.3 is 5.97 Å². The van der Waals surface area contributed by atoms with Crippen LogP contribution in [0.2, 0.25) is 0 Å². The normalized spacial score (nSPS) is 10.7. The molecule has 0 atom stereocenters. The van der Waals surface area contributed by atoms with Gasteiger partial charge in [-0.3, -0.25) is 0 Å². The molecule has 21 heavy (non-hydrogen) atoms. The van der Waals surface area contributed by atoms with Crippen LogP contribution >= 0.6 is 27.3 Å². The minimum absolute atomic E-state index is 0.121. The van der Waals surface area contributed by atoms with Crippen molar-refractivity contribution in [3.63, 3.8) is 0 Å². The Morgan fingerprint density at radius 2 is 2.00 bits per heavy atom. The molecular weight excluding hydrogens is 352 g/mol. The van der Waals surface area contributed by atoms with Crippen molar-refractivity contribution in [3.8, 4) is 0 Å². The minimum Gasteiger partial charge on any atom is -0.476 e. The molecule has 0 aliphatic heterocycles. The van der Waals surface area contributed by atoms with Gasteiger partial charge in [-0.2, -0.15) is 0 Å². The van der Waals surface area contributed by atoms with E-state index in [1.54, 1.807) is 5.38 Å². The topological polar surface area (TPSA) is 62.2 Å². The number of aromatic carboxylic acids is 1. The van der Waals surface area contributed by atoms with Crippen molar-refractivity contribution in [2.75, 3.05) is 5.32 Å². The molecule has 0 bridgehead atoms. The molecule has 106 valence electrons. The second-order valence-corrected chi connectivity index (χ2v) is 6.28. The van der Waals surface area contributed by atoms with Gasteiger partial charge in [0.2, 0.25) is 5.01 Å². The molecule has 0 unspecified atom stereocenters. The van der Waals surface area contributed by atoms with Crippen molar-refractivity contribution in [2.45, 2.75) is 6.54 Å². The van der Waals surface area contributed by atoms with Crippen LogP contribution < -0.4 is 5.32 Å². The van der Waals surface area contributed by atoms with E-state index in [1.165, 1.54) is 0 Å². The van der Waals surface area contributed by atoms with E-state index >= 15 is 0 Å². The molecule has 3 rings (SSSR count). The van der Waals surface area contributed by atoms with Crippen LogP contribution in [0, 0.1) is 0 Å². The Hall–Kier alpha value is -1.92. The quantitative estimate of drug-likeness (QED) is 0.723. The van der Waals surface area contributed by atoms with Crippen LogP contribution in [0.1, 0.15) is 15.5 Å². The third kappa shape index (κ3) is 3.22. The van der Waals surface area contributed by atoms with Gasteiger partial charge in [0, 0.05) is 15.5 Å². The molecule has 4 nitrogen and oxygen atoms in total. The van der Waals surface area contributed by atoms with Crippen LogP contribution in [0.4, 0.5) is 5.69 Å². The molecule has 1 aromatic heterocycles. The van der Waals surface area contributed by atoms with Crippen LogP contribution in [0.15, 0.2) is 46.3 Å². The molecule has 0 aliphatic rings. The summed E-state index contributed by atoms with van der Waals surface area (Å²) in [6.45, 7) is 0.506. The molecule has 0 fully saturated rings. The van der Waals surface area contributed by atoms with E-state index < -0.39 is 5.97 Å². The van der Waals surface area contributed by atoms with Gasteiger partial charge in [-0.15, -0.1) is 11.3 Å². The Kier molecular flexibility index (Phi) is 3.90. The maximum atomic E-state index is 10.8. The lowest BCUT2D eigenvalue weighted by Gasteiger charge is -2.06. The first-order chi connectivity index (χ1) is 10.1. The molecule has 1 heterocycles. The van der Waals surface area contributed by atoms with Gasteiger partial charge in [-0.05, 0) is 35.0 Å². The van der Waals surface area contributed by atoms with E-state index in [1.807, 2.05) is 18.2 Å². The number of hydrogen-bond acceptors (Lipinski definition) is 4. The zero-order valence-corrected chi connectivity index (χ0v) is 13.2. The van der Waals surface area contributed by atoms with Crippen LogP contribution in [-0.4, -0.2) is 16.1 Å². The smallest absolute Gasteiger partial charge is 0.365 e. The Balaban J connectivity index is 1.75. The lowest BCUT2D eigenvalue weighted by molar-refractivity contribution is 0.0696. The minimum atomic E-state index is -0.984. The molecule has 2 N–H and O–H groups in total. The Bertz CT molecular complexity index is 816. The number of anilines is 1. The number of carbonyl (C=O) groups is 1. The predicted molar refractivity (Wildman–Crippen MR) is 88.0 cm³/mol. The number of thiazole rings is 1. The van der Waals surface area contributed by atoms with Crippen LogP contribution in [0.3, 0.4) is 0 Å². The molecule has 0 amide bonds. The summed E-state index contributed by atoms with van der Waals surface area (Å²) in [5, 5.41) is 16.3. The van der Waals surface area contributed by atoms with Crippen molar-refractivity contribution in [1.29, 1.82) is 0 Å². The highest BCUT2D eigenvalue weighted by atomic mass is 79.9. The highest BCUT2D eigenvalue weighted by Gasteiger charge is 2.08. The molecular formula is C15H11BrN2O2S. The predicted octanol–water partition coefficient (Wildman–Crippen LogP) is 4.37. The summed E-state index contributed by atoms with van der Waals surface area (Å²) in [5.41, 5.74) is 1.71. The number of nitrogens with one attached hydrogen (secondary N) is 1. The zero-order chi connectivity index (χ0) is 14.8. The summed E-state index contributed by atoms with van der Waals surface area (Å²) < 4.78 is 1.05. The third-order valence-electron chi connectivity index (χ3n) is 3.01. The Morgan fingerprint density at radius 3 is 2.76 bits per heavy atom. The summed E-state index contributed by atoms with van der Waals surface area (Å²) in [6, 6.07) is 12.2. The summed E-state index contributed by atoms with van der Waals surface area (Å²) in [5.74, 6) is -0.984. The van der Waals surface area contributed by atoms with E-state index in [0.717, 1.165) is 38.0 Å². The van der Waals surface area contributed by atoms with Crippen molar-refractivity contribution >= 4 is 49.7 Å². The molecule has 6 heteroatoms. The zero-order valence-electron chi connectivity index (χ0n) is 10.8. The van der Waals surface area contributed by atoms with Crippen LogP contribution in [0.5, 0.6) is 0 Å². The van der Waals surface area contributed by atoms with Crippen molar-refractivity contribution < 1.29 is 9.90 Å². The largest absolute Gasteiger partial charge is 0.476 e. The third-order valence-corrected chi connectivity index (χ3v) is 4.38. The Labute approximate surface area is 133 Å². The van der Waals surface area contributed by atoms with Gasteiger partial charge in [-0.1, -0.05) is 28.1 Å².